The predicted molar refractivity (Wildman–Crippen MR) is 71.0 cm³/mol. The molecule has 1 atom stereocenters. The van der Waals surface area contributed by atoms with Crippen molar-refractivity contribution in [1.29, 1.82) is 0 Å². The Morgan fingerprint density at radius 2 is 2.16 bits per heavy atom. The zero-order chi connectivity index (χ0) is 13.5. The summed E-state index contributed by atoms with van der Waals surface area (Å²) >= 11 is 0. The van der Waals surface area contributed by atoms with Gasteiger partial charge in [0.05, 0.1) is 18.0 Å². The van der Waals surface area contributed by atoms with E-state index in [0.717, 1.165) is 43.5 Å². The highest BCUT2D eigenvalue weighted by molar-refractivity contribution is 5.80. The highest BCUT2D eigenvalue weighted by Gasteiger charge is 2.35. The van der Waals surface area contributed by atoms with E-state index in [1.807, 2.05) is 0 Å². The smallest absolute Gasteiger partial charge is 0.162 e. The van der Waals surface area contributed by atoms with Gasteiger partial charge >= 0.3 is 0 Å². The molecule has 0 radical (unpaired) electrons. The van der Waals surface area contributed by atoms with Gasteiger partial charge in [0.2, 0.25) is 0 Å². The second kappa shape index (κ2) is 4.45. The highest BCUT2D eigenvalue weighted by Crippen LogP contribution is 2.38. The van der Waals surface area contributed by atoms with Crippen molar-refractivity contribution in [3.8, 4) is 0 Å². The van der Waals surface area contributed by atoms with Gasteiger partial charge in [-0.25, -0.2) is 9.97 Å². The first-order valence-corrected chi connectivity index (χ1v) is 6.65. The Kier molecular flexibility index (Phi) is 2.89. The Labute approximate surface area is 111 Å². The molecule has 2 heterocycles. The maximum atomic E-state index is 10.8. The fourth-order valence-corrected chi connectivity index (χ4v) is 2.77. The molecule has 3 rings (SSSR count). The van der Waals surface area contributed by atoms with Crippen LogP contribution in [0.1, 0.15) is 38.4 Å². The Morgan fingerprint density at radius 1 is 1.42 bits per heavy atom. The van der Waals surface area contributed by atoms with Gasteiger partial charge < -0.3 is 15.7 Å². The van der Waals surface area contributed by atoms with Crippen LogP contribution in [0, 0.1) is 0 Å². The van der Waals surface area contributed by atoms with E-state index in [0.29, 0.717) is 5.82 Å². The van der Waals surface area contributed by atoms with Crippen LogP contribution in [0.2, 0.25) is 0 Å². The third kappa shape index (κ3) is 2.16. The number of carbonyl (C=O) groups excluding carboxylic acids is 1. The van der Waals surface area contributed by atoms with Gasteiger partial charge in [-0.15, -0.1) is 0 Å². The van der Waals surface area contributed by atoms with Gasteiger partial charge in [0, 0.05) is 5.41 Å². The molecule has 0 aromatic carbocycles. The van der Waals surface area contributed by atoms with E-state index in [-0.39, 0.29) is 11.5 Å². The lowest BCUT2D eigenvalue weighted by Crippen LogP contribution is -2.32. The predicted octanol–water partition coefficient (Wildman–Crippen LogP) is 1.03. The molecule has 1 saturated carbocycles. The minimum absolute atomic E-state index is 0.0881. The van der Waals surface area contributed by atoms with Gasteiger partial charge in [-0.05, 0) is 25.7 Å². The van der Waals surface area contributed by atoms with E-state index in [9.17, 15) is 9.90 Å². The van der Waals surface area contributed by atoms with Gasteiger partial charge in [-0.3, -0.25) is 4.79 Å². The number of aldehydes is 1. The molecule has 1 unspecified atom stereocenters. The maximum Gasteiger partial charge on any atom is 0.162 e. The lowest BCUT2D eigenvalue weighted by Gasteiger charge is -2.34. The molecule has 19 heavy (non-hydrogen) atoms. The molecule has 1 aliphatic heterocycles. The molecule has 0 saturated heterocycles. The van der Waals surface area contributed by atoms with E-state index in [2.05, 4.69) is 27.5 Å². The largest absolute Gasteiger partial charge is 0.393 e. The van der Waals surface area contributed by atoms with Crippen molar-refractivity contribution in [2.45, 2.75) is 50.3 Å². The monoisotopic (exact) mass is 262 g/mol. The summed E-state index contributed by atoms with van der Waals surface area (Å²) < 4.78 is 0. The number of hydrogen-bond donors (Lipinski definition) is 3. The number of anilines is 2. The van der Waals surface area contributed by atoms with E-state index >= 15 is 0 Å². The molecule has 0 bridgehead atoms. The Hall–Kier alpha value is -1.69. The van der Waals surface area contributed by atoms with Crippen molar-refractivity contribution < 1.29 is 9.90 Å². The molecule has 6 nitrogen and oxygen atoms in total. The van der Waals surface area contributed by atoms with E-state index < -0.39 is 6.17 Å². The number of nitrogens with one attached hydrogen (secondary N) is 2. The average Bonchev–Trinajstić information content (AvgIpc) is 2.84. The van der Waals surface area contributed by atoms with Crippen molar-refractivity contribution in [3.63, 3.8) is 0 Å². The number of fused-ring (bicyclic) bond motifs is 1. The summed E-state index contributed by atoms with van der Waals surface area (Å²) in [6.07, 6.45) is 5.28. The number of aliphatic hydroxyl groups excluding tert-OH is 1. The van der Waals surface area contributed by atoms with Crippen molar-refractivity contribution >= 4 is 17.8 Å². The summed E-state index contributed by atoms with van der Waals surface area (Å²) in [5, 5.41) is 15.6. The van der Waals surface area contributed by atoms with Crippen LogP contribution in [0.3, 0.4) is 0 Å². The lowest BCUT2D eigenvalue weighted by atomic mass is 9.74. The number of rotatable bonds is 2. The van der Waals surface area contributed by atoms with E-state index in [1.54, 1.807) is 6.20 Å². The van der Waals surface area contributed by atoms with Crippen LogP contribution in [0.15, 0.2) is 6.20 Å². The van der Waals surface area contributed by atoms with Crippen molar-refractivity contribution in [1.82, 2.24) is 9.97 Å². The fraction of sp³-hybridized carbons (Fsp3) is 0.615. The topological polar surface area (TPSA) is 87.1 Å². The van der Waals surface area contributed by atoms with Gasteiger partial charge in [0.1, 0.15) is 5.82 Å². The molecule has 3 N–H and O–H groups in total. The number of nitrogens with zero attached hydrogens (tertiary/aromatic N) is 2. The van der Waals surface area contributed by atoms with Crippen LogP contribution in [0.5, 0.6) is 0 Å². The highest BCUT2D eigenvalue weighted by atomic mass is 16.3. The van der Waals surface area contributed by atoms with Crippen molar-refractivity contribution in [2.24, 2.45) is 0 Å². The molecule has 1 aromatic rings. The molecule has 1 aromatic heterocycles. The van der Waals surface area contributed by atoms with Gasteiger partial charge in [0.25, 0.3) is 0 Å². The summed E-state index contributed by atoms with van der Waals surface area (Å²) in [5.41, 5.74) is 0.676. The average molecular weight is 262 g/mol. The zero-order valence-corrected chi connectivity index (χ0v) is 10.9. The number of hydrogen-bond acceptors (Lipinski definition) is 6. The first kappa shape index (κ1) is 12.3. The molecule has 0 amide bonds. The maximum absolute atomic E-state index is 10.8. The molecule has 102 valence electrons. The van der Waals surface area contributed by atoms with Crippen LogP contribution in [0.4, 0.5) is 11.5 Å². The molecule has 1 fully saturated rings. The van der Waals surface area contributed by atoms with Gasteiger partial charge in [0.15, 0.2) is 18.3 Å². The van der Waals surface area contributed by atoms with Gasteiger partial charge in [-0.1, -0.05) is 6.92 Å². The molecular formula is C13H18N4O2. The summed E-state index contributed by atoms with van der Waals surface area (Å²) in [6, 6.07) is 0. The third-order valence-corrected chi connectivity index (χ3v) is 4.13. The van der Waals surface area contributed by atoms with Crippen LogP contribution in [-0.2, 0) is 10.2 Å². The van der Waals surface area contributed by atoms with Crippen molar-refractivity contribution in [2.75, 3.05) is 10.6 Å². The fourth-order valence-electron chi connectivity index (χ4n) is 2.77. The lowest BCUT2D eigenvalue weighted by molar-refractivity contribution is -0.107. The SMILES string of the molecule is CC1(c2ncc3c(n2)NC(C=O)N3)CCC(O)CC1. The van der Waals surface area contributed by atoms with E-state index in [4.69, 9.17) is 0 Å². The molecule has 6 heteroatoms. The minimum atomic E-state index is -0.416. The third-order valence-electron chi connectivity index (χ3n) is 4.13. The Morgan fingerprint density at radius 3 is 2.84 bits per heavy atom. The molecular weight excluding hydrogens is 244 g/mol. The van der Waals surface area contributed by atoms with Crippen LogP contribution < -0.4 is 10.6 Å². The van der Waals surface area contributed by atoms with Crippen LogP contribution in [0.25, 0.3) is 0 Å². The first-order chi connectivity index (χ1) is 9.10. The standard InChI is InChI=1S/C13H18N4O2/c1-13(4-2-8(19)3-5-13)12-14-6-9-11(17-12)16-10(7-18)15-9/h6-8,10,15,19H,2-5H2,1H3,(H,14,16,17). The summed E-state index contributed by atoms with van der Waals surface area (Å²) in [6.45, 7) is 2.14. The molecule has 0 spiro atoms. The van der Waals surface area contributed by atoms with Crippen molar-refractivity contribution in [3.05, 3.63) is 12.0 Å². The first-order valence-electron chi connectivity index (χ1n) is 6.65. The second-order valence-corrected chi connectivity index (χ2v) is 5.65. The van der Waals surface area contributed by atoms with Crippen LogP contribution in [-0.4, -0.2) is 33.6 Å². The summed E-state index contributed by atoms with van der Waals surface area (Å²) in [5.74, 6) is 1.48. The number of carbonyl (C=O) groups is 1. The quantitative estimate of drug-likeness (QED) is 0.690. The number of aromatic nitrogens is 2. The Bertz CT molecular complexity index is 497. The summed E-state index contributed by atoms with van der Waals surface area (Å²) in [4.78, 5) is 19.7. The van der Waals surface area contributed by atoms with Crippen LogP contribution >= 0.6 is 0 Å². The second-order valence-electron chi connectivity index (χ2n) is 5.65. The zero-order valence-electron chi connectivity index (χ0n) is 10.9. The summed E-state index contributed by atoms with van der Waals surface area (Å²) in [7, 11) is 0. The van der Waals surface area contributed by atoms with E-state index in [1.165, 1.54) is 0 Å². The Balaban J connectivity index is 1.85. The normalized spacial score (nSPS) is 33.2. The molecule has 2 aliphatic rings. The molecule has 1 aliphatic carbocycles. The van der Waals surface area contributed by atoms with Gasteiger partial charge in [-0.2, -0.15) is 0 Å². The number of aliphatic hydroxyl groups is 1. The minimum Gasteiger partial charge on any atom is -0.393 e.